The number of piperidine rings is 1. The van der Waals surface area contributed by atoms with Crippen LogP contribution in [0.5, 0.6) is 0 Å². The molecule has 0 atom stereocenters. The SMILES string of the molecule is Cc1cccc(-n2c(C)cc(C(=O)N3CCC(OCCCN)CC3)c2C)c1. The van der Waals surface area contributed by atoms with Crippen LogP contribution in [0.1, 0.15) is 46.6 Å². The van der Waals surface area contributed by atoms with Gasteiger partial charge in [0.2, 0.25) is 0 Å². The van der Waals surface area contributed by atoms with Crippen LogP contribution < -0.4 is 5.73 Å². The fourth-order valence-electron chi connectivity index (χ4n) is 3.87. The summed E-state index contributed by atoms with van der Waals surface area (Å²) in [5.74, 6) is 0.127. The summed E-state index contributed by atoms with van der Waals surface area (Å²) in [6.45, 7) is 9.06. The Bertz CT molecular complexity index is 789. The molecule has 1 fully saturated rings. The average Bonchev–Trinajstić information content (AvgIpc) is 2.96. The average molecular weight is 370 g/mol. The van der Waals surface area contributed by atoms with Crippen molar-refractivity contribution in [1.82, 2.24) is 9.47 Å². The molecular weight excluding hydrogens is 338 g/mol. The second-order valence-electron chi connectivity index (χ2n) is 7.46. The second kappa shape index (κ2) is 8.72. The quantitative estimate of drug-likeness (QED) is 0.794. The number of carbonyl (C=O) groups is 1. The molecular formula is C22H31N3O2. The van der Waals surface area contributed by atoms with E-state index >= 15 is 0 Å². The number of hydrogen-bond donors (Lipinski definition) is 1. The van der Waals surface area contributed by atoms with Gasteiger partial charge >= 0.3 is 0 Å². The zero-order chi connectivity index (χ0) is 19.4. The van der Waals surface area contributed by atoms with E-state index in [0.29, 0.717) is 13.2 Å². The van der Waals surface area contributed by atoms with Crippen molar-refractivity contribution in [3.63, 3.8) is 0 Å². The first-order chi connectivity index (χ1) is 13.0. The number of rotatable bonds is 6. The largest absolute Gasteiger partial charge is 0.378 e. The number of likely N-dealkylation sites (tertiary alicyclic amines) is 1. The highest BCUT2D eigenvalue weighted by molar-refractivity contribution is 5.96. The summed E-state index contributed by atoms with van der Waals surface area (Å²) >= 11 is 0. The summed E-state index contributed by atoms with van der Waals surface area (Å²) in [6, 6.07) is 10.4. The molecule has 0 unspecified atom stereocenters. The zero-order valence-corrected chi connectivity index (χ0v) is 16.7. The van der Waals surface area contributed by atoms with Gasteiger partial charge in [-0.1, -0.05) is 12.1 Å². The van der Waals surface area contributed by atoms with Crippen LogP contribution >= 0.6 is 0 Å². The topological polar surface area (TPSA) is 60.5 Å². The highest BCUT2D eigenvalue weighted by Gasteiger charge is 2.26. The number of nitrogens with zero attached hydrogens (tertiary/aromatic N) is 2. The molecule has 0 radical (unpaired) electrons. The maximum Gasteiger partial charge on any atom is 0.255 e. The lowest BCUT2D eigenvalue weighted by Crippen LogP contribution is -2.41. The Hall–Kier alpha value is -2.11. The molecule has 0 bridgehead atoms. The lowest BCUT2D eigenvalue weighted by molar-refractivity contribution is 0.00843. The van der Waals surface area contributed by atoms with E-state index in [4.69, 9.17) is 10.5 Å². The molecule has 2 heterocycles. The molecule has 5 nitrogen and oxygen atoms in total. The van der Waals surface area contributed by atoms with Crippen LogP contribution in [0.15, 0.2) is 30.3 Å². The number of aromatic nitrogens is 1. The third-order valence-corrected chi connectivity index (χ3v) is 5.35. The van der Waals surface area contributed by atoms with Crippen molar-refractivity contribution in [1.29, 1.82) is 0 Å². The van der Waals surface area contributed by atoms with Crippen LogP contribution in [0.3, 0.4) is 0 Å². The van der Waals surface area contributed by atoms with Gasteiger partial charge in [-0.15, -0.1) is 0 Å². The number of hydrogen-bond acceptors (Lipinski definition) is 3. The van der Waals surface area contributed by atoms with E-state index in [1.807, 2.05) is 17.9 Å². The van der Waals surface area contributed by atoms with E-state index in [1.165, 1.54) is 5.56 Å². The highest BCUT2D eigenvalue weighted by Crippen LogP contribution is 2.24. The molecule has 2 N–H and O–H groups in total. The van der Waals surface area contributed by atoms with Crippen LogP contribution in [0, 0.1) is 20.8 Å². The molecule has 1 aliphatic rings. The lowest BCUT2D eigenvalue weighted by atomic mass is 10.1. The first kappa shape index (κ1) is 19.6. The van der Waals surface area contributed by atoms with Gasteiger partial charge in [-0.05, 0) is 70.3 Å². The van der Waals surface area contributed by atoms with Crippen molar-refractivity contribution in [3.05, 3.63) is 52.8 Å². The molecule has 3 rings (SSSR count). The second-order valence-corrected chi connectivity index (χ2v) is 7.46. The van der Waals surface area contributed by atoms with Crippen LogP contribution in [0.4, 0.5) is 0 Å². The van der Waals surface area contributed by atoms with Gasteiger partial charge < -0.3 is 19.9 Å². The van der Waals surface area contributed by atoms with Crippen LogP contribution in [0.25, 0.3) is 5.69 Å². The molecule has 1 saturated heterocycles. The fraction of sp³-hybridized carbons (Fsp3) is 0.500. The van der Waals surface area contributed by atoms with Crippen LogP contribution in [-0.2, 0) is 4.74 Å². The number of nitrogens with two attached hydrogens (primary N) is 1. The van der Waals surface area contributed by atoms with E-state index in [2.05, 4.69) is 42.7 Å². The Kier molecular flexibility index (Phi) is 6.34. The molecule has 1 amide bonds. The normalized spacial score (nSPS) is 15.3. The first-order valence-electron chi connectivity index (χ1n) is 9.88. The smallest absolute Gasteiger partial charge is 0.255 e. The van der Waals surface area contributed by atoms with Gasteiger partial charge in [0.25, 0.3) is 5.91 Å². The fourth-order valence-corrected chi connectivity index (χ4v) is 3.87. The third-order valence-electron chi connectivity index (χ3n) is 5.35. The van der Waals surface area contributed by atoms with Crippen molar-refractivity contribution >= 4 is 5.91 Å². The van der Waals surface area contributed by atoms with E-state index in [9.17, 15) is 4.79 Å². The summed E-state index contributed by atoms with van der Waals surface area (Å²) in [5.41, 5.74) is 10.7. The summed E-state index contributed by atoms with van der Waals surface area (Å²) in [5, 5.41) is 0. The molecule has 146 valence electrons. The summed E-state index contributed by atoms with van der Waals surface area (Å²) in [7, 11) is 0. The maximum atomic E-state index is 13.1. The van der Waals surface area contributed by atoms with Gasteiger partial charge in [0.1, 0.15) is 0 Å². The van der Waals surface area contributed by atoms with Gasteiger partial charge in [0, 0.05) is 36.8 Å². The van der Waals surface area contributed by atoms with E-state index in [0.717, 1.165) is 55.0 Å². The molecule has 5 heteroatoms. The number of ether oxygens (including phenoxy) is 1. The Morgan fingerprint density at radius 2 is 1.93 bits per heavy atom. The van der Waals surface area contributed by atoms with Crippen LogP contribution in [-0.4, -0.2) is 47.7 Å². The lowest BCUT2D eigenvalue weighted by Gasteiger charge is -2.32. The zero-order valence-electron chi connectivity index (χ0n) is 16.7. The number of aryl methyl sites for hydroxylation is 2. The van der Waals surface area contributed by atoms with Crippen molar-refractivity contribution in [2.45, 2.75) is 46.1 Å². The monoisotopic (exact) mass is 369 g/mol. The van der Waals surface area contributed by atoms with Crippen molar-refractivity contribution in [2.24, 2.45) is 5.73 Å². The molecule has 2 aromatic rings. The van der Waals surface area contributed by atoms with Gasteiger partial charge in [0.15, 0.2) is 0 Å². The van der Waals surface area contributed by atoms with Gasteiger partial charge in [0.05, 0.1) is 11.7 Å². The summed E-state index contributed by atoms with van der Waals surface area (Å²) in [6.07, 6.45) is 2.93. The number of carbonyl (C=O) groups excluding carboxylic acids is 1. The van der Waals surface area contributed by atoms with E-state index in [-0.39, 0.29) is 12.0 Å². The Balaban J connectivity index is 1.70. The minimum atomic E-state index is 0.127. The van der Waals surface area contributed by atoms with Crippen molar-refractivity contribution in [3.8, 4) is 5.69 Å². The predicted molar refractivity (Wildman–Crippen MR) is 109 cm³/mol. The molecule has 0 spiro atoms. The Labute approximate surface area is 162 Å². The minimum Gasteiger partial charge on any atom is -0.378 e. The minimum absolute atomic E-state index is 0.127. The van der Waals surface area contributed by atoms with Crippen molar-refractivity contribution in [2.75, 3.05) is 26.2 Å². The number of amides is 1. The molecule has 1 aromatic heterocycles. The van der Waals surface area contributed by atoms with Gasteiger partial charge in [-0.25, -0.2) is 0 Å². The summed E-state index contributed by atoms with van der Waals surface area (Å²) in [4.78, 5) is 15.1. The Morgan fingerprint density at radius 3 is 2.59 bits per heavy atom. The number of benzene rings is 1. The summed E-state index contributed by atoms with van der Waals surface area (Å²) < 4.78 is 8.02. The predicted octanol–water partition coefficient (Wildman–Crippen LogP) is 3.37. The van der Waals surface area contributed by atoms with E-state index < -0.39 is 0 Å². The standard InChI is InChI=1S/C22H31N3O2/c1-16-6-4-7-19(14-16)25-17(2)15-21(18(25)3)22(26)24-11-8-20(9-12-24)27-13-5-10-23/h4,6-7,14-15,20H,5,8-13,23H2,1-3H3. The third kappa shape index (κ3) is 4.42. The molecule has 1 aromatic carbocycles. The first-order valence-corrected chi connectivity index (χ1v) is 9.88. The van der Waals surface area contributed by atoms with E-state index in [1.54, 1.807) is 0 Å². The molecule has 0 aliphatic carbocycles. The molecule has 0 saturated carbocycles. The van der Waals surface area contributed by atoms with Gasteiger partial charge in [-0.3, -0.25) is 4.79 Å². The van der Waals surface area contributed by atoms with Crippen molar-refractivity contribution < 1.29 is 9.53 Å². The molecule has 1 aliphatic heterocycles. The Morgan fingerprint density at radius 1 is 1.19 bits per heavy atom. The van der Waals surface area contributed by atoms with Gasteiger partial charge in [-0.2, -0.15) is 0 Å². The highest BCUT2D eigenvalue weighted by atomic mass is 16.5. The maximum absolute atomic E-state index is 13.1. The molecule has 27 heavy (non-hydrogen) atoms. The van der Waals surface area contributed by atoms with Crippen LogP contribution in [0.2, 0.25) is 0 Å².